The summed E-state index contributed by atoms with van der Waals surface area (Å²) in [5, 5.41) is 35.0. The summed E-state index contributed by atoms with van der Waals surface area (Å²) in [4.78, 5) is 11.6. The molecule has 1 saturated heterocycles. The average Bonchev–Trinajstić information content (AvgIpc) is 2.44. The number of aliphatic hydroxyl groups excluding tert-OH is 3. The van der Waals surface area contributed by atoms with E-state index in [1.807, 2.05) is 0 Å². The van der Waals surface area contributed by atoms with Crippen LogP contribution >= 0.6 is 15.9 Å². The predicted molar refractivity (Wildman–Crippen MR) is 79.7 cm³/mol. The molecule has 1 aliphatic heterocycles. The van der Waals surface area contributed by atoms with Gasteiger partial charge in [-0.05, 0) is 13.3 Å². The van der Waals surface area contributed by atoms with Gasteiger partial charge in [0.1, 0.15) is 6.10 Å². The van der Waals surface area contributed by atoms with E-state index >= 15 is 0 Å². The Balaban J connectivity index is 2.42. The highest BCUT2D eigenvalue weighted by atomic mass is 79.9. The van der Waals surface area contributed by atoms with Crippen molar-refractivity contribution in [2.45, 2.75) is 68.3 Å². The van der Waals surface area contributed by atoms with Crippen LogP contribution in [0.1, 0.15) is 33.1 Å². The summed E-state index contributed by atoms with van der Waals surface area (Å²) in [6.07, 6.45) is -0.555. The number of rotatable bonds is 6. The number of alkyl halides is 1. The molecule has 7 heteroatoms. The van der Waals surface area contributed by atoms with E-state index < -0.39 is 24.4 Å². The van der Waals surface area contributed by atoms with Crippen molar-refractivity contribution in [2.24, 2.45) is 0 Å². The van der Waals surface area contributed by atoms with Gasteiger partial charge in [0.25, 0.3) is 0 Å². The molecular weight excluding hydrogens is 328 g/mol. The van der Waals surface area contributed by atoms with Crippen LogP contribution in [0.5, 0.6) is 0 Å². The topological polar surface area (TPSA) is 102 Å². The van der Waals surface area contributed by atoms with Gasteiger partial charge in [-0.25, -0.2) is 0 Å². The maximum atomic E-state index is 11.8. The minimum absolute atomic E-state index is 0.124. The fourth-order valence-corrected chi connectivity index (χ4v) is 2.77. The van der Waals surface area contributed by atoms with Crippen molar-refractivity contribution in [3.63, 3.8) is 0 Å². The van der Waals surface area contributed by atoms with Gasteiger partial charge in [-0.15, -0.1) is 0 Å². The number of piperidine rings is 1. The van der Waals surface area contributed by atoms with Gasteiger partial charge < -0.3 is 26.0 Å². The van der Waals surface area contributed by atoms with Gasteiger partial charge in [0.05, 0.1) is 23.1 Å². The zero-order valence-corrected chi connectivity index (χ0v) is 13.5. The first-order valence-electron chi connectivity index (χ1n) is 7.10. The summed E-state index contributed by atoms with van der Waals surface area (Å²) in [7, 11) is 0. The van der Waals surface area contributed by atoms with Crippen molar-refractivity contribution in [3.8, 4) is 0 Å². The SMILES string of the molecule is CCCCC(Br)C(=O)NC[C@H]1N[C@@H](C)[C@@H](O)[C@@H](O)[C@@H]1O. The number of halogens is 1. The molecule has 6 nitrogen and oxygen atoms in total. The van der Waals surface area contributed by atoms with Crippen LogP contribution in [0.25, 0.3) is 0 Å². The van der Waals surface area contributed by atoms with Gasteiger partial charge in [0.2, 0.25) is 5.91 Å². The Labute approximate surface area is 128 Å². The second kappa shape index (κ2) is 8.29. The molecule has 0 spiro atoms. The maximum Gasteiger partial charge on any atom is 0.233 e. The molecule has 0 bridgehead atoms. The number of hydrogen-bond donors (Lipinski definition) is 5. The molecule has 1 unspecified atom stereocenters. The summed E-state index contributed by atoms with van der Waals surface area (Å²) < 4.78 is 0. The first-order chi connectivity index (χ1) is 9.38. The number of nitrogens with one attached hydrogen (secondary N) is 2. The van der Waals surface area contributed by atoms with Crippen LogP contribution in [0, 0.1) is 0 Å². The van der Waals surface area contributed by atoms with E-state index in [1.165, 1.54) is 0 Å². The van der Waals surface area contributed by atoms with Gasteiger partial charge >= 0.3 is 0 Å². The van der Waals surface area contributed by atoms with Gasteiger partial charge in [-0.3, -0.25) is 4.79 Å². The van der Waals surface area contributed by atoms with E-state index in [1.54, 1.807) is 6.92 Å². The predicted octanol–water partition coefficient (Wildman–Crippen LogP) is -0.501. The number of carbonyl (C=O) groups is 1. The monoisotopic (exact) mass is 352 g/mol. The van der Waals surface area contributed by atoms with Gasteiger partial charge in [-0.2, -0.15) is 0 Å². The quantitative estimate of drug-likeness (QED) is 0.415. The molecule has 1 rings (SSSR count). The van der Waals surface area contributed by atoms with Crippen LogP contribution in [0.4, 0.5) is 0 Å². The molecule has 0 aliphatic carbocycles. The highest BCUT2D eigenvalue weighted by Crippen LogP contribution is 2.15. The summed E-state index contributed by atoms with van der Waals surface area (Å²) in [6.45, 7) is 4.00. The van der Waals surface area contributed by atoms with E-state index in [2.05, 4.69) is 33.5 Å². The Morgan fingerprint density at radius 1 is 1.30 bits per heavy atom. The lowest BCUT2D eigenvalue weighted by atomic mass is 9.91. The molecule has 0 aromatic rings. The third-order valence-corrected chi connectivity index (χ3v) is 4.57. The number of aliphatic hydroxyl groups is 3. The molecule has 0 aromatic heterocycles. The first-order valence-corrected chi connectivity index (χ1v) is 8.02. The summed E-state index contributed by atoms with van der Waals surface area (Å²) in [6, 6.07) is -0.812. The molecule has 1 fully saturated rings. The maximum absolute atomic E-state index is 11.8. The van der Waals surface area contributed by atoms with Crippen molar-refractivity contribution in [3.05, 3.63) is 0 Å². The van der Waals surface area contributed by atoms with Gasteiger partial charge in [-0.1, -0.05) is 35.7 Å². The molecule has 1 aliphatic rings. The van der Waals surface area contributed by atoms with Crippen molar-refractivity contribution in [1.82, 2.24) is 10.6 Å². The highest BCUT2D eigenvalue weighted by Gasteiger charge is 2.40. The van der Waals surface area contributed by atoms with E-state index in [0.717, 1.165) is 19.3 Å². The highest BCUT2D eigenvalue weighted by molar-refractivity contribution is 9.10. The van der Waals surface area contributed by atoms with E-state index in [9.17, 15) is 20.1 Å². The Hall–Kier alpha value is -0.210. The molecule has 118 valence electrons. The van der Waals surface area contributed by atoms with Crippen molar-refractivity contribution in [1.29, 1.82) is 0 Å². The third-order valence-electron chi connectivity index (χ3n) is 3.69. The van der Waals surface area contributed by atoms with E-state index in [0.29, 0.717) is 0 Å². The molecule has 0 radical (unpaired) electrons. The van der Waals surface area contributed by atoms with Crippen LogP contribution in [0.3, 0.4) is 0 Å². The third kappa shape index (κ3) is 4.66. The van der Waals surface area contributed by atoms with Crippen LogP contribution in [0.2, 0.25) is 0 Å². The lowest BCUT2D eigenvalue weighted by Gasteiger charge is -2.40. The minimum Gasteiger partial charge on any atom is -0.389 e. The molecular formula is C13H25BrN2O4. The fraction of sp³-hybridized carbons (Fsp3) is 0.923. The number of unbranched alkanes of at least 4 members (excludes halogenated alkanes) is 1. The lowest BCUT2D eigenvalue weighted by molar-refractivity contribution is -0.123. The zero-order chi connectivity index (χ0) is 15.3. The average molecular weight is 353 g/mol. The van der Waals surface area contributed by atoms with Gasteiger partial charge in [0.15, 0.2) is 0 Å². The Kier molecular flexibility index (Phi) is 7.39. The van der Waals surface area contributed by atoms with Crippen LogP contribution in [-0.2, 0) is 4.79 Å². The van der Waals surface area contributed by atoms with Crippen LogP contribution in [-0.4, -0.2) is 63.0 Å². The summed E-state index contributed by atoms with van der Waals surface area (Å²) in [5.74, 6) is -0.124. The summed E-state index contributed by atoms with van der Waals surface area (Å²) in [5.41, 5.74) is 0. The second-order valence-electron chi connectivity index (χ2n) is 5.39. The molecule has 0 aromatic carbocycles. The Morgan fingerprint density at radius 2 is 1.95 bits per heavy atom. The van der Waals surface area contributed by atoms with Crippen LogP contribution in [0.15, 0.2) is 0 Å². The molecule has 0 saturated carbocycles. The largest absolute Gasteiger partial charge is 0.389 e. The van der Waals surface area contributed by atoms with E-state index in [-0.39, 0.29) is 23.3 Å². The molecule has 6 atom stereocenters. The summed E-state index contributed by atoms with van der Waals surface area (Å²) >= 11 is 3.33. The van der Waals surface area contributed by atoms with Crippen molar-refractivity contribution >= 4 is 21.8 Å². The first kappa shape index (κ1) is 17.8. The molecule has 1 amide bonds. The smallest absolute Gasteiger partial charge is 0.233 e. The Bertz CT molecular complexity index is 319. The molecule has 5 N–H and O–H groups in total. The van der Waals surface area contributed by atoms with E-state index in [4.69, 9.17) is 0 Å². The zero-order valence-electron chi connectivity index (χ0n) is 11.9. The van der Waals surface area contributed by atoms with Crippen molar-refractivity contribution in [2.75, 3.05) is 6.54 Å². The second-order valence-corrected chi connectivity index (χ2v) is 6.49. The molecule has 20 heavy (non-hydrogen) atoms. The van der Waals surface area contributed by atoms with Gasteiger partial charge in [0, 0.05) is 12.6 Å². The number of hydrogen-bond acceptors (Lipinski definition) is 5. The number of amides is 1. The standard InChI is InChI=1S/C13H25BrN2O4/c1-3-4-5-8(14)13(20)15-6-9-11(18)12(19)10(17)7(2)16-9/h7-12,16-19H,3-6H2,1-2H3,(H,15,20)/t7-,8?,9+,10+,11+,12+/m0/s1. The fourth-order valence-electron chi connectivity index (χ4n) is 2.29. The minimum atomic E-state index is -1.20. The molecule has 1 heterocycles. The van der Waals surface area contributed by atoms with Crippen LogP contribution < -0.4 is 10.6 Å². The number of carbonyl (C=O) groups excluding carboxylic acids is 1. The lowest BCUT2D eigenvalue weighted by Crippen LogP contribution is -2.66. The normalized spacial score (nSPS) is 35.6. The Morgan fingerprint density at radius 3 is 2.55 bits per heavy atom. The van der Waals surface area contributed by atoms with Crippen molar-refractivity contribution < 1.29 is 20.1 Å².